The zero-order chi connectivity index (χ0) is 37.0. The summed E-state index contributed by atoms with van der Waals surface area (Å²) in [6.45, 7) is -0.330. The van der Waals surface area contributed by atoms with E-state index >= 15 is 0 Å². The van der Waals surface area contributed by atoms with Crippen LogP contribution in [-0.4, -0.2) is 87.8 Å². The van der Waals surface area contributed by atoms with Crippen molar-refractivity contribution < 1.29 is 29.1 Å². The number of aromatic amines is 1. The molecule has 1 saturated heterocycles. The van der Waals surface area contributed by atoms with Gasteiger partial charge >= 0.3 is 0 Å². The highest BCUT2D eigenvalue weighted by Crippen LogP contribution is 2.17. The lowest BCUT2D eigenvalue weighted by atomic mass is 10.0. The number of guanidine groups is 1. The molecule has 0 radical (unpaired) electrons. The van der Waals surface area contributed by atoms with Gasteiger partial charge in [-0.2, -0.15) is 0 Å². The maximum atomic E-state index is 13.9. The minimum atomic E-state index is -1.21. The molecule has 52 heavy (non-hydrogen) atoms. The Hall–Kier alpha value is -6.45. The Bertz CT molecular complexity index is 1910. The highest BCUT2D eigenvalue weighted by Gasteiger charge is 2.33. The molecule has 16 heteroatoms. The first-order valence-corrected chi connectivity index (χ1v) is 16.8. The second-order valence-corrected chi connectivity index (χ2v) is 12.5. The number of aromatic hydroxyl groups is 1. The number of benzene rings is 3. The number of imidazole rings is 1. The molecule has 272 valence electrons. The molecule has 0 unspecified atom stereocenters. The van der Waals surface area contributed by atoms with Gasteiger partial charge in [-0.15, -0.1) is 0 Å². The number of aliphatic imine (C=N–C) groups is 1. The predicted molar refractivity (Wildman–Crippen MR) is 192 cm³/mol. The summed E-state index contributed by atoms with van der Waals surface area (Å²) < 4.78 is 0. The smallest absolute Gasteiger partial charge is 0.243 e. The zero-order valence-corrected chi connectivity index (χ0v) is 28.3. The van der Waals surface area contributed by atoms with Crippen molar-refractivity contribution in [2.75, 3.05) is 13.1 Å². The van der Waals surface area contributed by atoms with Crippen LogP contribution < -0.4 is 38.1 Å². The highest BCUT2D eigenvalue weighted by molar-refractivity contribution is 5.97. The van der Waals surface area contributed by atoms with Crippen molar-refractivity contribution in [1.29, 1.82) is 0 Å². The van der Waals surface area contributed by atoms with Crippen LogP contribution in [0, 0.1) is 0 Å². The summed E-state index contributed by atoms with van der Waals surface area (Å²) in [4.78, 5) is 79.5. The van der Waals surface area contributed by atoms with E-state index in [2.05, 4.69) is 41.5 Å². The van der Waals surface area contributed by atoms with Crippen molar-refractivity contribution in [3.63, 3.8) is 0 Å². The van der Waals surface area contributed by atoms with Crippen LogP contribution in [0.25, 0.3) is 10.8 Å². The monoisotopic (exact) mass is 710 g/mol. The number of carbonyl (C=O) groups is 5. The molecule has 0 aliphatic carbocycles. The van der Waals surface area contributed by atoms with Gasteiger partial charge < -0.3 is 48.1 Å². The number of H-pyrrole nitrogens is 1. The Morgan fingerprint density at radius 2 is 1.35 bits per heavy atom. The first-order valence-electron chi connectivity index (χ1n) is 16.8. The molecule has 3 aromatic carbocycles. The Balaban J connectivity index is 1.47. The molecule has 1 aliphatic heterocycles. The maximum absolute atomic E-state index is 13.9. The van der Waals surface area contributed by atoms with E-state index in [1.165, 1.54) is 24.7 Å². The lowest BCUT2D eigenvalue weighted by molar-refractivity contribution is -0.134. The van der Waals surface area contributed by atoms with E-state index in [0.717, 1.165) is 16.3 Å². The number of rotatable bonds is 10. The van der Waals surface area contributed by atoms with Gasteiger partial charge in [-0.1, -0.05) is 54.6 Å². The number of nitrogens with one attached hydrogen (secondary N) is 6. The van der Waals surface area contributed by atoms with E-state index in [-0.39, 0.29) is 43.9 Å². The number of aromatic nitrogens is 2. The Kier molecular flexibility index (Phi) is 12.4. The summed E-state index contributed by atoms with van der Waals surface area (Å²) in [6, 6.07) is 14.8. The molecule has 1 fully saturated rings. The van der Waals surface area contributed by atoms with Crippen LogP contribution in [0.15, 0.2) is 84.2 Å². The number of phenolic OH excluding ortho intramolecular Hbond substituents is 1. The first kappa shape index (κ1) is 36.8. The Morgan fingerprint density at radius 3 is 2.04 bits per heavy atom. The lowest BCUT2D eigenvalue weighted by Gasteiger charge is -2.26. The van der Waals surface area contributed by atoms with Crippen LogP contribution in [0.5, 0.6) is 5.75 Å². The fourth-order valence-electron chi connectivity index (χ4n) is 5.84. The summed E-state index contributed by atoms with van der Waals surface area (Å²) in [5.74, 6) is -3.47. The van der Waals surface area contributed by atoms with Crippen molar-refractivity contribution in [3.05, 3.63) is 96.1 Å². The largest absolute Gasteiger partial charge is 0.508 e. The van der Waals surface area contributed by atoms with Gasteiger partial charge in [0.15, 0.2) is 5.96 Å². The van der Waals surface area contributed by atoms with Gasteiger partial charge in [0, 0.05) is 37.7 Å². The third-order valence-corrected chi connectivity index (χ3v) is 8.53. The number of phenols is 1. The van der Waals surface area contributed by atoms with Crippen molar-refractivity contribution >= 4 is 46.3 Å². The molecule has 5 amide bonds. The summed E-state index contributed by atoms with van der Waals surface area (Å²) in [5, 5.41) is 25.2. The average molecular weight is 711 g/mol. The van der Waals surface area contributed by atoms with E-state index in [4.69, 9.17) is 11.5 Å². The fourth-order valence-corrected chi connectivity index (χ4v) is 5.84. The van der Waals surface area contributed by atoms with Crippen LogP contribution >= 0.6 is 0 Å². The van der Waals surface area contributed by atoms with Gasteiger partial charge in [0.05, 0.1) is 12.9 Å². The van der Waals surface area contributed by atoms with Gasteiger partial charge in [0.2, 0.25) is 29.5 Å². The molecule has 0 spiro atoms. The first-order chi connectivity index (χ1) is 25.0. The number of fused-ring (bicyclic) bond motifs is 1. The number of hydrogen-bond donors (Lipinski definition) is 9. The van der Waals surface area contributed by atoms with E-state index in [0.29, 0.717) is 17.7 Å². The van der Waals surface area contributed by atoms with Crippen LogP contribution in [-0.2, 0) is 43.2 Å². The quantitative estimate of drug-likeness (QED) is 0.0579. The summed E-state index contributed by atoms with van der Waals surface area (Å²) in [7, 11) is 0. The van der Waals surface area contributed by atoms with Gasteiger partial charge in [0.25, 0.3) is 0 Å². The third kappa shape index (κ3) is 10.5. The molecule has 2 heterocycles. The number of nitrogens with two attached hydrogens (primary N) is 2. The van der Waals surface area contributed by atoms with Gasteiger partial charge in [-0.05, 0) is 46.9 Å². The number of nitrogens with zero attached hydrogens (tertiary/aromatic N) is 2. The minimum Gasteiger partial charge on any atom is -0.508 e. The molecule has 16 nitrogen and oxygen atoms in total. The SMILES string of the molecule is NC(N)=NCCC[C@@H]1NC(=O)[C@@H](Cc2cnc[nH]2)NC(=O)[C@@H](Cc2ccc(O)cc2)NC(=O)CNC(=O)[C@H](Cc2ccc3ccccc3c2)NC1=O. The van der Waals surface area contributed by atoms with Crippen LogP contribution in [0.3, 0.4) is 0 Å². The van der Waals surface area contributed by atoms with Gasteiger partial charge in [-0.25, -0.2) is 4.98 Å². The molecular weight excluding hydrogens is 668 g/mol. The normalized spacial score (nSPS) is 20.3. The van der Waals surface area contributed by atoms with Crippen molar-refractivity contribution in [1.82, 2.24) is 36.6 Å². The predicted octanol–water partition coefficient (Wildman–Crippen LogP) is -0.581. The summed E-state index contributed by atoms with van der Waals surface area (Å²) in [5.41, 5.74) is 12.8. The topological polar surface area (TPSA) is 259 Å². The molecule has 11 N–H and O–H groups in total. The van der Waals surface area contributed by atoms with E-state index in [9.17, 15) is 29.1 Å². The fraction of sp³-hybridized carbons (Fsp3) is 0.306. The molecule has 4 aromatic rings. The van der Waals surface area contributed by atoms with Gasteiger partial charge in [-0.3, -0.25) is 29.0 Å². The van der Waals surface area contributed by atoms with Crippen molar-refractivity contribution in [3.8, 4) is 5.75 Å². The Labute approximate surface area is 299 Å². The molecule has 0 bridgehead atoms. The molecule has 1 aliphatic rings. The molecule has 4 atom stereocenters. The molecular formula is C36H42N10O6. The lowest BCUT2D eigenvalue weighted by Crippen LogP contribution is -2.58. The number of carbonyl (C=O) groups excluding carboxylic acids is 5. The standard InChI is InChI=1S/C36H42N10O6/c37-36(38)40-13-3-6-27-33(50)45-28(16-22-7-10-23-4-1-2-5-24(23)14-22)32(49)41-19-31(48)43-29(15-21-8-11-26(47)12-9-21)34(51)46-30(35(52)44-27)17-25-18-39-20-42-25/h1-2,4-5,7-12,14,18,20,27-30,47H,3,6,13,15-17,19H2,(H,39,42)(H,41,49)(H,43,48)(H,44,52)(H,45,50)(H,46,51)(H4,37,38,40)/t27-,28-,29+,30+/m0/s1. The molecule has 0 saturated carbocycles. The van der Waals surface area contributed by atoms with Gasteiger partial charge in [0.1, 0.15) is 29.9 Å². The van der Waals surface area contributed by atoms with Crippen LogP contribution in [0.4, 0.5) is 0 Å². The minimum absolute atomic E-state index is 0.00223. The van der Waals surface area contributed by atoms with Crippen LogP contribution in [0.1, 0.15) is 29.7 Å². The average Bonchev–Trinajstić information content (AvgIpc) is 3.64. The third-order valence-electron chi connectivity index (χ3n) is 8.53. The number of hydrogen-bond acceptors (Lipinski definition) is 8. The second-order valence-electron chi connectivity index (χ2n) is 12.5. The van der Waals surface area contributed by atoms with E-state index < -0.39 is 60.2 Å². The van der Waals surface area contributed by atoms with E-state index in [1.807, 2.05) is 42.5 Å². The van der Waals surface area contributed by atoms with E-state index in [1.54, 1.807) is 12.1 Å². The second kappa shape index (κ2) is 17.5. The molecule has 1 aromatic heterocycles. The van der Waals surface area contributed by atoms with Crippen LogP contribution in [0.2, 0.25) is 0 Å². The Morgan fingerprint density at radius 1 is 0.731 bits per heavy atom. The van der Waals surface area contributed by atoms with Crippen molar-refractivity contribution in [2.45, 2.75) is 56.3 Å². The zero-order valence-electron chi connectivity index (χ0n) is 28.3. The van der Waals surface area contributed by atoms with Crippen molar-refractivity contribution in [2.24, 2.45) is 16.5 Å². The summed E-state index contributed by atoms with van der Waals surface area (Å²) >= 11 is 0. The molecule has 5 rings (SSSR count). The highest BCUT2D eigenvalue weighted by atomic mass is 16.3. The maximum Gasteiger partial charge on any atom is 0.243 e. The summed E-state index contributed by atoms with van der Waals surface area (Å²) in [6.07, 6.45) is 3.36. The number of amides is 5.